The number of aromatic nitrogens is 1. The van der Waals surface area contributed by atoms with Crippen LogP contribution in [0.4, 0.5) is 5.69 Å². The van der Waals surface area contributed by atoms with Crippen molar-refractivity contribution in [1.82, 2.24) is 10.3 Å². The molecule has 1 heterocycles. The average molecular weight is 289 g/mol. The van der Waals surface area contributed by atoms with Crippen molar-refractivity contribution in [2.75, 3.05) is 18.4 Å². The van der Waals surface area contributed by atoms with Gasteiger partial charge in [0.05, 0.1) is 10.7 Å². The fraction of sp³-hybridized carbons (Fsp3) is 0.333. The van der Waals surface area contributed by atoms with E-state index in [0.717, 1.165) is 28.5 Å². The van der Waals surface area contributed by atoms with Crippen LogP contribution in [0.3, 0.4) is 0 Å². The topological polar surface area (TPSA) is 54.0 Å². The Morgan fingerprint density at radius 3 is 2.65 bits per heavy atom. The first kappa shape index (κ1) is 14.7. The highest BCUT2D eigenvalue weighted by Crippen LogP contribution is 2.23. The average Bonchev–Trinajstić information content (AvgIpc) is 2.86. The van der Waals surface area contributed by atoms with Gasteiger partial charge in [-0.15, -0.1) is 11.3 Å². The number of nitrogens with zero attached hydrogens (tertiary/aromatic N) is 1. The van der Waals surface area contributed by atoms with Gasteiger partial charge in [-0.25, -0.2) is 4.98 Å². The molecule has 5 heteroatoms. The van der Waals surface area contributed by atoms with Crippen molar-refractivity contribution < 1.29 is 4.79 Å². The lowest BCUT2D eigenvalue weighted by molar-refractivity contribution is -0.116. The molecule has 0 fully saturated rings. The maximum absolute atomic E-state index is 11.7. The smallest absolute Gasteiger partial charge is 0.225 e. The highest BCUT2D eigenvalue weighted by atomic mass is 32.1. The van der Waals surface area contributed by atoms with Crippen molar-refractivity contribution in [3.63, 3.8) is 0 Å². The molecule has 2 aromatic rings. The minimum absolute atomic E-state index is 0.0307. The van der Waals surface area contributed by atoms with Gasteiger partial charge in [0.2, 0.25) is 5.91 Å². The summed E-state index contributed by atoms with van der Waals surface area (Å²) >= 11 is 1.64. The fourth-order valence-electron chi connectivity index (χ4n) is 1.82. The zero-order valence-corrected chi connectivity index (χ0v) is 12.6. The van der Waals surface area contributed by atoms with Crippen molar-refractivity contribution in [3.05, 3.63) is 34.7 Å². The second kappa shape index (κ2) is 7.17. The van der Waals surface area contributed by atoms with Crippen LogP contribution in [0.15, 0.2) is 29.6 Å². The van der Waals surface area contributed by atoms with E-state index < -0.39 is 0 Å². The standard InChI is InChI=1S/C15H19N3OS/c1-3-16-9-8-15(19)18-13-6-4-12(5-7-13)14-10-20-11(2)17-14/h4-7,10,16H,3,8-9H2,1-2H3,(H,18,19). The summed E-state index contributed by atoms with van der Waals surface area (Å²) in [4.78, 5) is 16.1. The molecular formula is C15H19N3OS. The van der Waals surface area contributed by atoms with Gasteiger partial charge < -0.3 is 10.6 Å². The van der Waals surface area contributed by atoms with E-state index in [2.05, 4.69) is 15.6 Å². The maximum Gasteiger partial charge on any atom is 0.225 e. The summed E-state index contributed by atoms with van der Waals surface area (Å²) in [5, 5.41) is 9.12. The maximum atomic E-state index is 11.7. The van der Waals surface area contributed by atoms with Gasteiger partial charge in [0, 0.05) is 29.6 Å². The zero-order valence-electron chi connectivity index (χ0n) is 11.8. The Morgan fingerprint density at radius 2 is 2.05 bits per heavy atom. The Balaban J connectivity index is 1.93. The molecule has 0 atom stereocenters. The minimum Gasteiger partial charge on any atom is -0.326 e. The normalized spacial score (nSPS) is 10.5. The third-order valence-electron chi connectivity index (χ3n) is 2.86. The van der Waals surface area contributed by atoms with E-state index in [1.807, 2.05) is 43.5 Å². The molecule has 0 saturated carbocycles. The summed E-state index contributed by atoms with van der Waals surface area (Å²) in [6.07, 6.45) is 0.487. The number of carbonyl (C=O) groups is 1. The Bertz CT molecular complexity index is 563. The van der Waals surface area contributed by atoms with Crippen molar-refractivity contribution >= 4 is 22.9 Å². The van der Waals surface area contributed by atoms with Crippen LogP contribution in [0.5, 0.6) is 0 Å². The van der Waals surface area contributed by atoms with Gasteiger partial charge in [-0.1, -0.05) is 19.1 Å². The number of hydrogen-bond donors (Lipinski definition) is 2. The molecule has 1 amide bonds. The minimum atomic E-state index is 0.0307. The van der Waals surface area contributed by atoms with Crippen LogP contribution in [0.1, 0.15) is 18.4 Å². The van der Waals surface area contributed by atoms with Crippen LogP contribution in [0, 0.1) is 6.92 Å². The number of amides is 1. The van der Waals surface area contributed by atoms with Gasteiger partial charge in [0.15, 0.2) is 0 Å². The van der Waals surface area contributed by atoms with E-state index in [-0.39, 0.29) is 5.91 Å². The van der Waals surface area contributed by atoms with Gasteiger partial charge in [-0.2, -0.15) is 0 Å². The molecule has 2 rings (SSSR count). The van der Waals surface area contributed by atoms with Gasteiger partial charge in [-0.05, 0) is 25.6 Å². The molecule has 4 nitrogen and oxygen atoms in total. The van der Waals surface area contributed by atoms with Gasteiger partial charge in [0.25, 0.3) is 0 Å². The molecule has 0 unspecified atom stereocenters. The Hall–Kier alpha value is -1.72. The highest BCUT2D eigenvalue weighted by molar-refractivity contribution is 7.09. The largest absolute Gasteiger partial charge is 0.326 e. The lowest BCUT2D eigenvalue weighted by Crippen LogP contribution is -2.21. The molecular weight excluding hydrogens is 270 g/mol. The third kappa shape index (κ3) is 4.15. The van der Waals surface area contributed by atoms with E-state index in [1.165, 1.54) is 0 Å². The summed E-state index contributed by atoms with van der Waals surface area (Å²) in [7, 11) is 0. The number of benzene rings is 1. The molecule has 0 saturated heterocycles. The highest BCUT2D eigenvalue weighted by Gasteiger charge is 2.04. The first-order chi connectivity index (χ1) is 9.69. The summed E-state index contributed by atoms with van der Waals surface area (Å²) in [6.45, 7) is 5.61. The first-order valence-electron chi connectivity index (χ1n) is 6.72. The lowest BCUT2D eigenvalue weighted by atomic mass is 10.1. The predicted octanol–water partition coefficient (Wildman–Crippen LogP) is 3.06. The molecule has 0 spiro atoms. The quantitative estimate of drug-likeness (QED) is 0.804. The van der Waals surface area contributed by atoms with E-state index >= 15 is 0 Å². The number of rotatable bonds is 6. The first-order valence-corrected chi connectivity index (χ1v) is 7.60. The molecule has 106 valence electrons. The van der Waals surface area contributed by atoms with Gasteiger partial charge >= 0.3 is 0 Å². The summed E-state index contributed by atoms with van der Waals surface area (Å²) < 4.78 is 0. The summed E-state index contributed by atoms with van der Waals surface area (Å²) in [5.74, 6) is 0.0307. The van der Waals surface area contributed by atoms with Gasteiger partial charge in [-0.3, -0.25) is 4.79 Å². The summed E-state index contributed by atoms with van der Waals surface area (Å²) in [5.41, 5.74) is 2.87. The van der Waals surface area contributed by atoms with E-state index in [0.29, 0.717) is 13.0 Å². The molecule has 0 aliphatic rings. The Labute approximate surface area is 123 Å². The van der Waals surface area contributed by atoms with Gasteiger partial charge in [0.1, 0.15) is 0 Å². The molecule has 0 bridgehead atoms. The predicted molar refractivity (Wildman–Crippen MR) is 84.1 cm³/mol. The lowest BCUT2D eigenvalue weighted by Gasteiger charge is -2.06. The van der Waals surface area contributed by atoms with Crippen LogP contribution < -0.4 is 10.6 Å². The molecule has 1 aromatic heterocycles. The van der Waals surface area contributed by atoms with Crippen molar-refractivity contribution in [1.29, 1.82) is 0 Å². The molecule has 2 N–H and O–H groups in total. The van der Waals surface area contributed by atoms with Crippen LogP contribution in [-0.2, 0) is 4.79 Å². The SMILES string of the molecule is CCNCCC(=O)Nc1ccc(-c2csc(C)n2)cc1. The fourth-order valence-corrected chi connectivity index (χ4v) is 2.44. The number of carbonyl (C=O) groups excluding carboxylic acids is 1. The molecule has 0 aliphatic carbocycles. The number of aryl methyl sites for hydroxylation is 1. The number of hydrogen-bond acceptors (Lipinski definition) is 4. The van der Waals surface area contributed by atoms with Crippen molar-refractivity contribution in [2.45, 2.75) is 20.3 Å². The molecule has 20 heavy (non-hydrogen) atoms. The number of nitrogens with one attached hydrogen (secondary N) is 2. The van der Waals surface area contributed by atoms with E-state index in [9.17, 15) is 4.79 Å². The second-order valence-electron chi connectivity index (χ2n) is 4.48. The zero-order chi connectivity index (χ0) is 14.4. The van der Waals surface area contributed by atoms with Crippen molar-refractivity contribution in [2.24, 2.45) is 0 Å². The van der Waals surface area contributed by atoms with Crippen molar-refractivity contribution in [3.8, 4) is 11.3 Å². The van der Waals surface area contributed by atoms with E-state index in [4.69, 9.17) is 0 Å². The van der Waals surface area contributed by atoms with Crippen LogP contribution in [-0.4, -0.2) is 24.0 Å². The van der Waals surface area contributed by atoms with E-state index in [1.54, 1.807) is 11.3 Å². The second-order valence-corrected chi connectivity index (χ2v) is 5.54. The van der Waals surface area contributed by atoms with Crippen LogP contribution >= 0.6 is 11.3 Å². The molecule has 0 radical (unpaired) electrons. The van der Waals surface area contributed by atoms with Crippen LogP contribution in [0.25, 0.3) is 11.3 Å². The Morgan fingerprint density at radius 1 is 1.30 bits per heavy atom. The Kier molecular flexibility index (Phi) is 5.26. The number of anilines is 1. The monoisotopic (exact) mass is 289 g/mol. The van der Waals surface area contributed by atoms with Crippen LogP contribution in [0.2, 0.25) is 0 Å². The summed E-state index contributed by atoms with van der Waals surface area (Å²) in [6, 6.07) is 7.78. The third-order valence-corrected chi connectivity index (χ3v) is 3.64. The number of thiazole rings is 1. The molecule has 1 aromatic carbocycles. The molecule has 0 aliphatic heterocycles.